The molecule has 9 heteroatoms. The number of methoxy groups -OCH3 is 4. The fourth-order valence-electron chi connectivity index (χ4n) is 3.69. The molecule has 0 radical (unpaired) electrons. The molecule has 32 heavy (non-hydrogen) atoms. The first-order valence-corrected chi connectivity index (χ1v) is 9.98. The summed E-state index contributed by atoms with van der Waals surface area (Å²) in [6, 6.07) is 10.2. The zero-order valence-electron chi connectivity index (χ0n) is 18.5. The van der Waals surface area contributed by atoms with Gasteiger partial charge in [-0.2, -0.15) is 5.10 Å². The highest BCUT2D eigenvalue weighted by molar-refractivity contribution is 6.05. The van der Waals surface area contributed by atoms with Gasteiger partial charge < -0.3 is 24.1 Å². The van der Waals surface area contributed by atoms with Crippen molar-refractivity contribution >= 4 is 17.6 Å². The average molecular weight is 442 g/mol. The van der Waals surface area contributed by atoms with E-state index in [-0.39, 0.29) is 12.8 Å². The number of hydrazone groups is 1. The number of aliphatic carboxylic acids is 1. The van der Waals surface area contributed by atoms with Crippen molar-refractivity contribution in [2.45, 2.75) is 25.3 Å². The zero-order chi connectivity index (χ0) is 23.3. The maximum Gasteiger partial charge on any atom is 0.303 e. The van der Waals surface area contributed by atoms with Gasteiger partial charge in [0.2, 0.25) is 5.91 Å². The number of hydrogen-bond donors (Lipinski definition) is 1. The monoisotopic (exact) mass is 442 g/mol. The molecule has 1 N–H and O–H groups in total. The minimum atomic E-state index is -1.05. The lowest BCUT2D eigenvalue weighted by Gasteiger charge is -2.24. The van der Waals surface area contributed by atoms with Crippen LogP contribution in [-0.2, 0) is 9.59 Å². The number of carboxylic acids is 1. The van der Waals surface area contributed by atoms with Crippen LogP contribution < -0.4 is 18.9 Å². The number of ether oxygens (including phenoxy) is 4. The van der Waals surface area contributed by atoms with Gasteiger partial charge in [-0.15, -0.1) is 0 Å². The van der Waals surface area contributed by atoms with E-state index in [0.29, 0.717) is 46.3 Å². The Morgan fingerprint density at radius 3 is 2.38 bits per heavy atom. The van der Waals surface area contributed by atoms with Crippen LogP contribution in [0.15, 0.2) is 41.5 Å². The standard InChI is InChI=1S/C23H26N2O7/c1-29-14-8-9-19(30-2)16(12-14)17-13-18(25(24-17)21(26)10-11-22(27)28)15-6-5-7-20(31-3)23(15)32-4/h5-9,12,18H,10-11,13H2,1-4H3,(H,27,28). The highest BCUT2D eigenvalue weighted by atomic mass is 16.5. The van der Waals surface area contributed by atoms with Gasteiger partial charge in [0.25, 0.3) is 0 Å². The fourth-order valence-corrected chi connectivity index (χ4v) is 3.69. The molecule has 170 valence electrons. The van der Waals surface area contributed by atoms with E-state index >= 15 is 0 Å². The summed E-state index contributed by atoms with van der Waals surface area (Å²) in [7, 11) is 6.18. The Labute approximate surface area is 186 Å². The highest BCUT2D eigenvalue weighted by Gasteiger charge is 2.36. The molecule has 1 amide bonds. The van der Waals surface area contributed by atoms with E-state index in [9.17, 15) is 9.59 Å². The van der Waals surface area contributed by atoms with Gasteiger partial charge >= 0.3 is 5.97 Å². The van der Waals surface area contributed by atoms with Crippen molar-refractivity contribution in [1.82, 2.24) is 5.01 Å². The minimum Gasteiger partial charge on any atom is -0.497 e. The molecule has 1 unspecified atom stereocenters. The average Bonchev–Trinajstić information content (AvgIpc) is 3.26. The minimum absolute atomic E-state index is 0.176. The van der Waals surface area contributed by atoms with Crippen LogP contribution in [0.2, 0.25) is 0 Å². The molecule has 0 spiro atoms. The van der Waals surface area contributed by atoms with E-state index in [4.69, 9.17) is 24.1 Å². The number of hydrogen-bond acceptors (Lipinski definition) is 7. The second-order valence-electron chi connectivity index (χ2n) is 7.05. The first-order valence-electron chi connectivity index (χ1n) is 9.98. The number of para-hydroxylation sites is 1. The molecule has 1 aliphatic rings. The van der Waals surface area contributed by atoms with Crippen molar-refractivity contribution < 1.29 is 33.6 Å². The number of carbonyl (C=O) groups is 2. The Bertz CT molecular complexity index is 1040. The Kier molecular flexibility index (Phi) is 7.19. The zero-order valence-corrected chi connectivity index (χ0v) is 18.5. The highest BCUT2D eigenvalue weighted by Crippen LogP contribution is 2.43. The number of carbonyl (C=O) groups excluding carboxylic acids is 1. The molecule has 0 aliphatic carbocycles. The van der Waals surface area contributed by atoms with Crippen LogP contribution in [-0.4, -0.2) is 56.1 Å². The Morgan fingerprint density at radius 1 is 1.00 bits per heavy atom. The molecule has 2 aromatic carbocycles. The molecule has 2 aromatic rings. The van der Waals surface area contributed by atoms with Crippen molar-refractivity contribution in [1.29, 1.82) is 0 Å². The van der Waals surface area contributed by atoms with Crippen LogP contribution in [0.4, 0.5) is 0 Å². The Hall–Kier alpha value is -3.75. The van der Waals surface area contributed by atoms with Gasteiger partial charge in [-0.25, -0.2) is 5.01 Å². The predicted octanol–water partition coefficient (Wildman–Crippen LogP) is 3.26. The molecule has 1 heterocycles. The normalized spacial score (nSPS) is 15.2. The van der Waals surface area contributed by atoms with Crippen molar-refractivity contribution in [3.63, 3.8) is 0 Å². The van der Waals surface area contributed by atoms with Gasteiger partial charge in [-0.05, 0) is 24.3 Å². The number of carboxylic acid groups (broad SMARTS) is 1. The number of amides is 1. The summed E-state index contributed by atoms with van der Waals surface area (Å²) < 4.78 is 21.8. The van der Waals surface area contributed by atoms with Gasteiger partial charge in [0.05, 0.1) is 46.6 Å². The van der Waals surface area contributed by atoms with E-state index in [1.54, 1.807) is 44.6 Å². The summed E-state index contributed by atoms with van der Waals surface area (Å²) in [4.78, 5) is 24.0. The molecule has 3 rings (SSSR count). The summed E-state index contributed by atoms with van der Waals surface area (Å²) in [5, 5.41) is 14.9. The lowest BCUT2D eigenvalue weighted by Crippen LogP contribution is -2.27. The summed E-state index contributed by atoms with van der Waals surface area (Å²) in [5.41, 5.74) is 2.00. The van der Waals surface area contributed by atoms with Crippen molar-refractivity contribution in [2.24, 2.45) is 5.10 Å². The first kappa shape index (κ1) is 22.9. The van der Waals surface area contributed by atoms with E-state index in [2.05, 4.69) is 5.10 Å². The smallest absolute Gasteiger partial charge is 0.303 e. The molecule has 1 aliphatic heterocycles. The molecule has 9 nitrogen and oxygen atoms in total. The molecular formula is C23H26N2O7. The summed E-state index contributed by atoms with van der Waals surface area (Å²) in [6.07, 6.45) is -0.0966. The third-order valence-electron chi connectivity index (χ3n) is 5.23. The van der Waals surface area contributed by atoms with Gasteiger partial charge in [-0.3, -0.25) is 9.59 Å². The van der Waals surface area contributed by atoms with E-state index in [1.165, 1.54) is 19.2 Å². The molecule has 0 saturated heterocycles. The Balaban J connectivity index is 2.07. The van der Waals surface area contributed by atoms with Crippen LogP contribution in [0.3, 0.4) is 0 Å². The summed E-state index contributed by atoms with van der Waals surface area (Å²) in [6.45, 7) is 0. The third-order valence-corrected chi connectivity index (χ3v) is 5.23. The van der Waals surface area contributed by atoms with Crippen LogP contribution in [0.5, 0.6) is 23.0 Å². The van der Waals surface area contributed by atoms with Crippen LogP contribution >= 0.6 is 0 Å². The lowest BCUT2D eigenvalue weighted by atomic mass is 9.96. The molecule has 0 aromatic heterocycles. The molecular weight excluding hydrogens is 416 g/mol. The maximum atomic E-state index is 13.0. The largest absolute Gasteiger partial charge is 0.497 e. The van der Waals surface area contributed by atoms with Crippen molar-refractivity contribution in [2.75, 3.05) is 28.4 Å². The summed E-state index contributed by atoms with van der Waals surface area (Å²) >= 11 is 0. The first-order chi connectivity index (χ1) is 15.4. The molecule has 0 saturated carbocycles. The van der Waals surface area contributed by atoms with Crippen LogP contribution in [0.1, 0.15) is 36.4 Å². The second-order valence-corrected chi connectivity index (χ2v) is 7.05. The SMILES string of the molecule is COc1ccc(OC)c(C2=NN(C(=O)CCC(=O)O)C(c3cccc(OC)c3OC)C2)c1. The fraction of sp³-hybridized carbons (Fsp3) is 0.348. The van der Waals surface area contributed by atoms with Gasteiger partial charge in [0.1, 0.15) is 11.5 Å². The Morgan fingerprint density at radius 2 is 1.75 bits per heavy atom. The molecule has 0 bridgehead atoms. The van der Waals surface area contributed by atoms with E-state index in [0.717, 1.165) is 0 Å². The topological polar surface area (TPSA) is 107 Å². The van der Waals surface area contributed by atoms with E-state index in [1.807, 2.05) is 6.07 Å². The molecule has 1 atom stereocenters. The second kappa shape index (κ2) is 10.0. The van der Waals surface area contributed by atoms with E-state index < -0.39 is 17.9 Å². The van der Waals surface area contributed by atoms with Gasteiger partial charge in [-0.1, -0.05) is 12.1 Å². The number of rotatable bonds is 9. The quantitative estimate of drug-likeness (QED) is 0.635. The maximum absolute atomic E-state index is 13.0. The number of benzene rings is 2. The predicted molar refractivity (Wildman–Crippen MR) is 117 cm³/mol. The van der Waals surface area contributed by atoms with Crippen LogP contribution in [0, 0.1) is 0 Å². The summed E-state index contributed by atoms with van der Waals surface area (Å²) in [5.74, 6) is 0.765. The van der Waals surface area contributed by atoms with Gasteiger partial charge in [0, 0.05) is 24.0 Å². The van der Waals surface area contributed by atoms with Gasteiger partial charge in [0.15, 0.2) is 11.5 Å². The van der Waals surface area contributed by atoms with Crippen molar-refractivity contribution in [3.05, 3.63) is 47.5 Å². The third kappa shape index (κ3) is 4.61. The molecule has 0 fully saturated rings. The number of nitrogens with zero attached hydrogens (tertiary/aromatic N) is 2. The van der Waals surface area contributed by atoms with Crippen molar-refractivity contribution in [3.8, 4) is 23.0 Å². The lowest BCUT2D eigenvalue weighted by molar-refractivity contribution is -0.141. The van der Waals surface area contributed by atoms with Crippen LogP contribution in [0.25, 0.3) is 0 Å².